The van der Waals surface area contributed by atoms with E-state index in [9.17, 15) is 9.59 Å². The van der Waals surface area contributed by atoms with Crippen molar-refractivity contribution in [1.82, 2.24) is 25.5 Å². The fourth-order valence-corrected chi connectivity index (χ4v) is 7.13. The lowest BCUT2D eigenvalue weighted by Crippen LogP contribution is -2.47. The summed E-state index contributed by atoms with van der Waals surface area (Å²) in [4.78, 5) is 31.9. The third-order valence-corrected chi connectivity index (χ3v) is 9.54. The van der Waals surface area contributed by atoms with Crippen LogP contribution in [0.5, 0.6) is 5.75 Å². The van der Waals surface area contributed by atoms with E-state index in [4.69, 9.17) is 4.74 Å². The highest BCUT2D eigenvalue weighted by Crippen LogP contribution is 2.36. The van der Waals surface area contributed by atoms with E-state index >= 15 is 0 Å². The molecule has 2 aliphatic rings. The van der Waals surface area contributed by atoms with Crippen LogP contribution in [0.4, 0.5) is 5.69 Å². The molecule has 1 atom stereocenters. The second-order valence-electron chi connectivity index (χ2n) is 11.5. The van der Waals surface area contributed by atoms with Crippen molar-refractivity contribution in [3.8, 4) is 17.1 Å². The minimum atomic E-state index is -0.807. The van der Waals surface area contributed by atoms with Gasteiger partial charge in [-0.05, 0) is 90.2 Å². The Labute approximate surface area is 256 Å². The number of benzene rings is 2. The molecule has 10 heteroatoms. The highest BCUT2D eigenvalue weighted by molar-refractivity contribution is 7.10. The number of nitrogens with one attached hydrogen (secondary N) is 1. The molecule has 2 saturated carbocycles. The van der Waals surface area contributed by atoms with Crippen molar-refractivity contribution in [3.63, 3.8) is 0 Å². The van der Waals surface area contributed by atoms with E-state index in [-0.39, 0.29) is 24.4 Å². The van der Waals surface area contributed by atoms with E-state index < -0.39 is 6.04 Å². The predicted octanol–water partition coefficient (Wildman–Crippen LogP) is 6.29. The van der Waals surface area contributed by atoms with Gasteiger partial charge in [-0.2, -0.15) is 4.80 Å². The summed E-state index contributed by atoms with van der Waals surface area (Å²) in [6.45, 7) is -0.161. The monoisotopic (exact) mass is 598 g/mol. The molecule has 224 valence electrons. The van der Waals surface area contributed by atoms with Crippen molar-refractivity contribution in [1.29, 1.82) is 0 Å². The van der Waals surface area contributed by atoms with Gasteiger partial charge in [-0.25, -0.2) is 0 Å². The first-order valence-corrected chi connectivity index (χ1v) is 16.1. The molecule has 0 aliphatic heterocycles. The molecule has 6 rings (SSSR count). The average Bonchev–Trinajstić information content (AvgIpc) is 3.85. The Morgan fingerprint density at radius 3 is 2.37 bits per heavy atom. The van der Waals surface area contributed by atoms with Crippen molar-refractivity contribution in [2.45, 2.75) is 82.3 Å². The Balaban J connectivity index is 1.31. The minimum absolute atomic E-state index is 0.129. The number of amides is 2. The van der Waals surface area contributed by atoms with Gasteiger partial charge in [0.2, 0.25) is 11.7 Å². The van der Waals surface area contributed by atoms with Crippen LogP contribution < -0.4 is 15.0 Å². The summed E-state index contributed by atoms with van der Waals surface area (Å²) in [5.41, 5.74) is 2.74. The maximum Gasteiger partial charge on any atom is 0.251 e. The number of carbonyl (C=O) groups is 2. The maximum absolute atomic E-state index is 14.2. The highest BCUT2D eigenvalue weighted by Gasteiger charge is 2.35. The van der Waals surface area contributed by atoms with Crippen LogP contribution in [0.2, 0.25) is 0 Å². The molecular weight excluding hydrogens is 560 g/mol. The number of carbonyl (C=O) groups excluding carboxylic acids is 2. The van der Waals surface area contributed by atoms with Gasteiger partial charge in [-0.3, -0.25) is 14.5 Å². The van der Waals surface area contributed by atoms with E-state index in [1.54, 1.807) is 12.0 Å². The first-order valence-electron chi connectivity index (χ1n) is 15.3. The Kier molecular flexibility index (Phi) is 9.12. The second-order valence-corrected chi connectivity index (χ2v) is 12.4. The van der Waals surface area contributed by atoms with Gasteiger partial charge in [0.1, 0.15) is 18.3 Å². The first-order chi connectivity index (χ1) is 21.1. The highest BCUT2D eigenvalue weighted by atomic mass is 32.1. The Morgan fingerprint density at radius 2 is 1.70 bits per heavy atom. The minimum Gasteiger partial charge on any atom is -0.497 e. The normalized spacial score (nSPS) is 16.6. The number of thiophene rings is 1. The summed E-state index contributed by atoms with van der Waals surface area (Å²) >= 11 is 1.48. The van der Waals surface area contributed by atoms with Crippen LogP contribution in [0.3, 0.4) is 0 Å². The third-order valence-electron chi connectivity index (χ3n) is 8.62. The Morgan fingerprint density at radius 1 is 0.977 bits per heavy atom. The number of hydrogen-bond acceptors (Lipinski definition) is 7. The molecule has 9 nitrogen and oxygen atoms in total. The first kappa shape index (κ1) is 29.0. The number of aromatic nitrogens is 4. The zero-order valence-electron chi connectivity index (χ0n) is 24.5. The van der Waals surface area contributed by atoms with Crippen molar-refractivity contribution in [3.05, 3.63) is 76.5 Å². The summed E-state index contributed by atoms with van der Waals surface area (Å²) in [7, 11) is 1.61. The topological polar surface area (TPSA) is 102 Å². The molecule has 43 heavy (non-hydrogen) atoms. The molecule has 0 bridgehead atoms. The van der Waals surface area contributed by atoms with E-state index in [2.05, 4.69) is 32.9 Å². The van der Waals surface area contributed by atoms with Gasteiger partial charge in [0.15, 0.2) is 0 Å². The van der Waals surface area contributed by atoms with Crippen molar-refractivity contribution in [2.24, 2.45) is 0 Å². The largest absolute Gasteiger partial charge is 0.497 e. The molecule has 2 aliphatic carbocycles. The molecule has 1 N–H and O–H groups in total. The van der Waals surface area contributed by atoms with Gasteiger partial charge in [-0.15, -0.1) is 21.5 Å². The number of rotatable bonds is 10. The number of anilines is 1. The molecule has 2 amide bonds. The maximum atomic E-state index is 14.2. The number of methoxy groups -OCH3 is 1. The summed E-state index contributed by atoms with van der Waals surface area (Å²) in [6, 6.07) is 18.8. The fraction of sp³-hybridized carbons (Fsp3) is 0.424. The van der Waals surface area contributed by atoms with E-state index in [1.165, 1.54) is 53.8 Å². The lowest BCUT2D eigenvalue weighted by Gasteiger charge is -2.32. The number of hydrogen-bond donors (Lipinski definition) is 1. The summed E-state index contributed by atoms with van der Waals surface area (Å²) in [5.74, 6) is 1.23. The van der Waals surface area contributed by atoms with Crippen molar-refractivity contribution < 1.29 is 14.3 Å². The zero-order chi connectivity index (χ0) is 29.6. The number of nitrogens with zero attached hydrogens (tertiary/aromatic N) is 5. The third kappa shape index (κ3) is 6.80. The fourth-order valence-electron chi connectivity index (χ4n) is 6.31. The Bertz CT molecular complexity index is 1490. The van der Waals surface area contributed by atoms with Crippen LogP contribution >= 0.6 is 11.3 Å². The molecule has 0 saturated heterocycles. The zero-order valence-corrected chi connectivity index (χ0v) is 25.3. The van der Waals surface area contributed by atoms with E-state index in [0.29, 0.717) is 17.4 Å². The summed E-state index contributed by atoms with van der Waals surface area (Å²) < 4.78 is 5.24. The average molecular weight is 599 g/mol. The molecule has 1 unspecified atom stereocenters. The van der Waals surface area contributed by atoms with Crippen LogP contribution in [0, 0.1) is 0 Å². The van der Waals surface area contributed by atoms with Gasteiger partial charge in [0.25, 0.3) is 5.91 Å². The lowest BCUT2D eigenvalue weighted by molar-refractivity contribution is -0.127. The van der Waals surface area contributed by atoms with Gasteiger partial charge in [0, 0.05) is 22.2 Å². The van der Waals surface area contributed by atoms with Gasteiger partial charge < -0.3 is 10.1 Å². The number of tetrazole rings is 1. The molecule has 2 fully saturated rings. The molecule has 2 aromatic heterocycles. The van der Waals surface area contributed by atoms with E-state index in [1.807, 2.05) is 53.9 Å². The molecule has 2 aromatic carbocycles. The summed E-state index contributed by atoms with van der Waals surface area (Å²) in [6.07, 6.45) is 10.3. The second kappa shape index (κ2) is 13.5. The van der Waals surface area contributed by atoms with Crippen LogP contribution in [0.1, 0.15) is 80.2 Å². The van der Waals surface area contributed by atoms with E-state index in [0.717, 1.165) is 41.9 Å². The molecule has 0 radical (unpaired) electrons. The Hall–Kier alpha value is -4.05. The van der Waals surface area contributed by atoms with Gasteiger partial charge in [0.05, 0.1) is 7.11 Å². The van der Waals surface area contributed by atoms with Crippen LogP contribution in [0.25, 0.3) is 11.4 Å². The molecule has 2 heterocycles. The van der Waals surface area contributed by atoms with Crippen molar-refractivity contribution >= 4 is 28.8 Å². The van der Waals surface area contributed by atoms with Crippen LogP contribution in [0.15, 0.2) is 66.0 Å². The quantitative estimate of drug-likeness (QED) is 0.230. The van der Waals surface area contributed by atoms with Crippen LogP contribution in [-0.4, -0.2) is 45.2 Å². The molecule has 0 spiro atoms. The van der Waals surface area contributed by atoms with Crippen molar-refractivity contribution in [2.75, 3.05) is 12.0 Å². The summed E-state index contributed by atoms with van der Waals surface area (Å²) in [5, 5.41) is 18.0. The smallest absolute Gasteiger partial charge is 0.251 e. The van der Waals surface area contributed by atoms with Crippen LogP contribution in [-0.2, 0) is 16.1 Å². The molecule has 4 aromatic rings. The van der Waals surface area contributed by atoms with Gasteiger partial charge in [-0.1, -0.05) is 50.3 Å². The standard InChI is InChI=1S/C33H38N6O3S/c1-42-28-19-15-25(16-20-28)32-35-37-38(36-32)22-30(40)39(27-17-13-24(14-18-27)23-8-3-2-4-9-23)31(29-12-7-21-43-29)33(41)34-26-10-5-6-11-26/h7,12-21,23,26,31H,2-6,8-11,22H2,1H3,(H,34,41). The number of ether oxygens (including phenoxy) is 1. The van der Waals surface area contributed by atoms with Gasteiger partial charge >= 0.3 is 0 Å². The predicted molar refractivity (Wildman–Crippen MR) is 167 cm³/mol. The lowest BCUT2D eigenvalue weighted by atomic mass is 9.84. The SMILES string of the molecule is COc1ccc(-c2nnn(CC(=O)N(c3ccc(C4CCCCC4)cc3)C(C(=O)NC3CCCC3)c3cccs3)n2)cc1. The molecular formula is C33H38N6O3S.